The molecule has 0 radical (unpaired) electrons. The van der Waals surface area contributed by atoms with Gasteiger partial charge in [0.15, 0.2) is 5.70 Å². The molecule has 0 aromatic heterocycles. The zero-order chi connectivity index (χ0) is 18.0. The Kier molecular flexibility index (Phi) is 4.90. The molecule has 0 atom stereocenters. The number of nitrogens with zero attached hydrogens (tertiary/aromatic N) is 2. The number of rotatable bonds is 4. The summed E-state index contributed by atoms with van der Waals surface area (Å²) in [5, 5.41) is 0. The number of benzene rings is 2. The van der Waals surface area contributed by atoms with E-state index in [0.29, 0.717) is 11.3 Å². The lowest BCUT2D eigenvalue weighted by Crippen LogP contribution is -2.09. The van der Waals surface area contributed by atoms with Gasteiger partial charge >= 0.3 is 5.97 Å². The molecule has 0 amide bonds. The number of hydrogen-bond donors (Lipinski definition) is 0. The van der Waals surface area contributed by atoms with Crippen LogP contribution >= 0.6 is 15.9 Å². The van der Waals surface area contributed by atoms with Gasteiger partial charge in [-0.2, -0.15) is 0 Å². The molecule has 0 spiro atoms. The monoisotopic (exact) mass is 400 g/mol. The van der Waals surface area contributed by atoms with Crippen molar-refractivity contribution in [2.45, 2.75) is 0 Å². The molecule has 6 heteroatoms. The van der Waals surface area contributed by atoms with E-state index >= 15 is 0 Å². The molecule has 0 bridgehead atoms. The summed E-state index contributed by atoms with van der Waals surface area (Å²) in [5.74, 6) is 0.375. The van der Waals surface area contributed by atoms with Gasteiger partial charge in [0.25, 0.3) is 0 Å². The Morgan fingerprint density at radius 2 is 1.96 bits per heavy atom. The number of esters is 1. The summed E-state index contributed by atoms with van der Waals surface area (Å²) < 4.78 is 11.5. The molecule has 0 saturated heterocycles. The van der Waals surface area contributed by atoms with Crippen molar-refractivity contribution in [3.63, 3.8) is 0 Å². The van der Waals surface area contributed by atoms with Gasteiger partial charge in [-0.25, -0.2) is 9.79 Å². The highest BCUT2D eigenvalue weighted by molar-refractivity contribution is 9.10. The molecule has 1 aliphatic rings. The Morgan fingerprint density at radius 1 is 1.20 bits per heavy atom. The van der Waals surface area contributed by atoms with Crippen LogP contribution in [0.1, 0.15) is 11.1 Å². The van der Waals surface area contributed by atoms with E-state index in [4.69, 9.17) is 9.47 Å². The van der Waals surface area contributed by atoms with Crippen LogP contribution in [-0.2, 0) is 9.53 Å². The number of carbonyl (C=O) groups is 1. The minimum Gasteiger partial charge on any atom is -0.496 e. The number of para-hydroxylation sites is 1. The first-order chi connectivity index (χ1) is 12.0. The van der Waals surface area contributed by atoms with Crippen LogP contribution in [0.25, 0.3) is 6.08 Å². The van der Waals surface area contributed by atoms with Crippen molar-refractivity contribution in [3.8, 4) is 5.75 Å². The molecule has 128 valence electrons. The summed E-state index contributed by atoms with van der Waals surface area (Å²) in [4.78, 5) is 18.5. The van der Waals surface area contributed by atoms with Crippen molar-refractivity contribution in [1.29, 1.82) is 0 Å². The minimum absolute atomic E-state index is 0.248. The Hall–Kier alpha value is -2.60. The summed E-state index contributed by atoms with van der Waals surface area (Å²) in [6, 6.07) is 13.1. The zero-order valence-corrected chi connectivity index (χ0v) is 15.7. The molecule has 0 fully saturated rings. The second kappa shape index (κ2) is 7.11. The van der Waals surface area contributed by atoms with Crippen LogP contribution in [0.15, 0.2) is 57.6 Å². The average Bonchev–Trinajstić information content (AvgIpc) is 2.95. The van der Waals surface area contributed by atoms with Crippen molar-refractivity contribution in [2.24, 2.45) is 4.99 Å². The summed E-state index contributed by atoms with van der Waals surface area (Å²) in [5.41, 5.74) is 2.81. The number of carbonyl (C=O) groups excluding carboxylic acids is 1. The Labute approximate surface area is 154 Å². The lowest BCUT2D eigenvalue weighted by atomic mass is 10.1. The van der Waals surface area contributed by atoms with Gasteiger partial charge < -0.3 is 14.4 Å². The van der Waals surface area contributed by atoms with Gasteiger partial charge in [0.2, 0.25) is 5.90 Å². The molecule has 1 aliphatic heterocycles. The number of methoxy groups -OCH3 is 1. The molecule has 25 heavy (non-hydrogen) atoms. The lowest BCUT2D eigenvalue weighted by molar-refractivity contribution is -0.129. The van der Waals surface area contributed by atoms with E-state index in [1.807, 2.05) is 49.3 Å². The quantitative estimate of drug-likeness (QED) is 0.577. The second-order valence-corrected chi connectivity index (χ2v) is 6.50. The van der Waals surface area contributed by atoms with Crippen LogP contribution in [0.5, 0.6) is 5.75 Å². The van der Waals surface area contributed by atoms with Gasteiger partial charge in [-0.15, -0.1) is 0 Å². The van der Waals surface area contributed by atoms with Crippen LogP contribution in [0.3, 0.4) is 0 Å². The highest BCUT2D eigenvalue weighted by Gasteiger charge is 2.26. The number of hydrogen-bond acceptors (Lipinski definition) is 5. The van der Waals surface area contributed by atoms with Crippen molar-refractivity contribution >= 4 is 39.6 Å². The first-order valence-corrected chi connectivity index (χ1v) is 8.41. The summed E-state index contributed by atoms with van der Waals surface area (Å²) in [6.07, 6.45) is 1.70. The summed E-state index contributed by atoms with van der Waals surface area (Å²) in [7, 11) is 5.50. The number of ether oxygens (including phenoxy) is 2. The predicted molar refractivity (Wildman–Crippen MR) is 102 cm³/mol. The van der Waals surface area contributed by atoms with Gasteiger partial charge in [-0.05, 0) is 51.8 Å². The smallest absolute Gasteiger partial charge is 0.363 e. The highest BCUT2D eigenvalue weighted by atomic mass is 79.9. The molecule has 0 saturated carbocycles. The van der Waals surface area contributed by atoms with Crippen molar-refractivity contribution < 1.29 is 14.3 Å². The van der Waals surface area contributed by atoms with E-state index in [-0.39, 0.29) is 11.6 Å². The normalized spacial score (nSPS) is 15.1. The Morgan fingerprint density at radius 3 is 2.64 bits per heavy atom. The van der Waals surface area contributed by atoms with Crippen molar-refractivity contribution in [2.75, 3.05) is 26.1 Å². The number of aliphatic imine (C=N–C) groups is 1. The molecule has 1 heterocycles. The predicted octanol–water partition coefficient (Wildman–Crippen LogP) is 3.87. The standard InChI is InChI=1S/C19H17BrN2O3/c1-22(2)16-9-8-12(10-14(16)20)11-15-19(23)25-18(21-15)13-6-4-5-7-17(13)24-3/h4-11H,1-3H3. The van der Waals surface area contributed by atoms with Crippen LogP contribution < -0.4 is 9.64 Å². The molecule has 2 aromatic rings. The first kappa shape index (κ1) is 17.2. The van der Waals surface area contributed by atoms with Crippen LogP contribution in [0.4, 0.5) is 5.69 Å². The first-order valence-electron chi connectivity index (χ1n) is 7.62. The molecule has 5 nitrogen and oxygen atoms in total. The molecular formula is C19H17BrN2O3. The molecular weight excluding hydrogens is 384 g/mol. The molecule has 0 N–H and O–H groups in total. The van der Waals surface area contributed by atoms with E-state index in [1.54, 1.807) is 25.3 Å². The van der Waals surface area contributed by atoms with Gasteiger partial charge in [0, 0.05) is 18.6 Å². The van der Waals surface area contributed by atoms with Gasteiger partial charge in [-0.1, -0.05) is 18.2 Å². The third-order valence-electron chi connectivity index (χ3n) is 3.71. The number of cyclic esters (lactones) is 1. The number of anilines is 1. The number of halogens is 1. The van der Waals surface area contributed by atoms with Gasteiger partial charge in [0.1, 0.15) is 5.75 Å². The van der Waals surface area contributed by atoms with Crippen LogP contribution in [-0.4, -0.2) is 33.1 Å². The Balaban J connectivity index is 1.95. The zero-order valence-electron chi connectivity index (χ0n) is 14.1. The SMILES string of the molecule is COc1ccccc1C1=NC(=Cc2ccc(N(C)C)c(Br)c2)C(=O)O1. The Bertz CT molecular complexity index is 888. The average molecular weight is 401 g/mol. The summed E-state index contributed by atoms with van der Waals surface area (Å²) in [6.45, 7) is 0. The maximum atomic E-state index is 12.2. The van der Waals surface area contributed by atoms with Crippen LogP contribution in [0.2, 0.25) is 0 Å². The molecule has 0 aliphatic carbocycles. The van der Waals surface area contributed by atoms with E-state index < -0.39 is 5.97 Å². The second-order valence-electron chi connectivity index (χ2n) is 5.64. The van der Waals surface area contributed by atoms with Crippen LogP contribution in [0, 0.1) is 0 Å². The fraction of sp³-hybridized carbons (Fsp3) is 0.158. The highest BCUT2D eigenvalue weighted by Crippen LogP contribution is 2.28. The van der Waals surface area contributed by atoms with Crippen molar-refractivity contribution in [3.05, 3.63) is 63.8 Å². The third kappa shape index (κ3) is 3.58. The molecule has 2 aromatic carbocycles. The van der Waals surface area contributed by atoms with Gasteiger partial charge in [0.05, 0.1) is 18.4 Å². The van der Waals surface area contributed by atoms with Gasteiger partial charge in [-0.3, -0.25) is 0 Å². The van der Waals surface area contributed by atoms with E-state index in [2.05, 4.69) is 20.9 Å². The fourth-order valence-electron chi connectivity index (χ4n) is 2.48. The van der Waals surface area contributed by atoms with E-state index in [0.717, 1.165) is 15.7 Å². The minimum atomic E-state index is -0.478. The maximum Gasteiger partial charge on any atom is 0.363 e. The largest absolute Gasteiger partial charge is 0.496 e. The topological polar surface area (TPSA) is 51.1 Å². The summed E-state index contributed by atoms with van der Waals surface area (Å²) >= 11 is 3.54. The van der Waals surface area contributed by atoms with E-state index in [9.17, 15) is 4.79 Å². The van der Waals surface area contributed by atoms with E-state index in [1.165, 1.54) is 0 Å². The maximum absolute atomic E-state index is 12.2. The fourth-order valence-corrected chi connectivity index (χ4v) is 3.23. The lowest BCUT2D eigenvalue weighted by Gasteiger charge is -2.14. The molecule has 3 rings (SSSR count). The molecule has 0 unspecified atom stereocenters. The third-order valence-corrected chi connectivity index (χ3v) is 4.35. The van der Waals surface area contributed by atoms with Crippen molar-refractivity contribution in [1.82, 2.24) is 0 Å².